The predicted molar refractivity (Wildman–Crippen MR) is 91.4 cm³/mol. The van der Waals surface area contributed by atoms with Crippen molar-refractivity contribution in [1.82, 2.24) is 14.7 Å². The number of piperidine rings is 1. The molecule has 0 bridgehead atoms. The van der Waals surface area contributed by atoms with Crippen molar-refractivity contribution in [3.63, 3.8) is 0 Å². The molecule has 0 spiro atoms. The van der Waals surface area contributed by atoms with Crippen LogP contribution < -0.4 is 5.32 Å². The number of aliphatic hydroxyl groups excluding tert-OH is 1. The molecule has 2 rings (SSSR count). The molecular weight excluding hydrogens is 292 g/mol. The van der Waals surface area contributed by atoms with Crippen LogP contribution in [0.15, 0.2) is 6.07 Å². The van der Waals surface area contributed by atoms with Crippen LogP contribution in [0.4, 0.5) is 5.82 Å². The normalized spacial score (nSPS) is 18.9. The summed E-state index contributed by atoms with van der Waals surface area (Å²) in [5, 5.41) is 17.1. The van der Waals surface area contributed by atoms with Crippen molar-refractivity contribution in [3.8, 4) is 0 Å². The number of nitrogens with one attached hydrogen (secondary N) is 1. The first-order valence-electron chi connectivity index (χ1n) is 8.41. The molecule has 1 aliphatic heterocycles. The highest BCUT2D eigenvalue weighted by Gasteiger charge is 2.24. The Kier molecular flexibility index (Phi) is 5.47. The third kappa shape index (κ3) is 4.78. The quantitative estimate of drug-likeness (QED) is 0.886. The smallest absolute Gasteiger partial charge is 0.239 e. The van der Waals surface area contributed by atoms with E-state index in [0.717, 1.165) is 37.4 Å². The molecule has 2 N–H and O–H groups in total. The fraction of sp³-hybridized carbons (Fsp3) is 0.765. The average molecular weight is 322 g/mol. The first kappa shape index (κ1) is 17.9. The van der Waals surface area contributed by atoms with Crippen molar-refractivity contribution in [1.29, 1.82) is 0 Å². The molecule has 1 atom stereocenters. The summed E-state index contributed by atoms with van der Waals surface area (Å²) in [6, 6.07) is 1.94. The number of rotatable bonds is 4. The number of aliphatic hydroxyl groups is 1. The van der Waals surface area contributed by atoms with Gasteiger partial charge in [0.2, 0.25) is 5.91 Å². The van der Waals surface area contributed by atoms with Gasteiger partial charge in [0.05, 0.1) is 18.3 Å². The summed E-state index contributed by atoms with van der Waals surface area (Å²) in [5.41, 5.74) is 0.928. The summed E-state index contributed by atoms with van der Waals surface area (Å²) in [5.74, 6) is 1.09. The summed E-state index contributed by atoms with van der Waals surface area (Å²) in [6.07, 6.45) is 1.64. The van der Waals surface area contributed by atoms with Gasteiger partial charge in [-0.05, 0) is 38.8 Å². The van der Waals surface area contributed by atoms with Gasteiger partial charge in [-0.2, -0.15) is 5.10 Å². The lowest BCUT2D eigenvalue weighted by atomic mass is 9.92. The molecule has 1 fully saturated rings. The van der Waals surface area contributed by atoms with Crippen LogP contribution in [0.2, 0.25) is 0 Å². The van der Waals surface area contributed by atoms with E-state index in [1.54, 1.807) is 4.68 Å². The van der Waals surface area contributed by atoms with Gasteiger partial charge in [0.1, 0.15) is 5.82 Å². The van der Waals surface area contributed by atoms with Crippen molar-refractivity contribution in [2.24, 2.45) is 13.0 Å². The first-order chi connectivity index (χ1) is 10.7. The minimum absolute atomic E-state index is 0.0102. The van der Waals surface area contributed by atoms with Crippen LogP contribution in [0.1, 0.15) is 46.2 Å². The summed E-state index contributed by atoms with van der Waals surface area (Å²) in [7, 11) is 1.85. The summed E-state index contributed by atoms with van der Waals surface area (Å²) in [6.45, 7) is 10.3. The van der Waals surface area contributed by atoms with E-state index in [9.17, 15) is 9.90 Å². The van der Waals surface area contributed by atoms with Gasteiger partial charge in [0, 0.05) is 18.5 Å². The Labute approximate surface area is 138 Å². The number of hydrogen-bond acceptors (Lipinski definition) is 4. The third-order valence-electron chi connectivity index (χ3n) is 4.60. The maximum absolute atomic E-state index is 12.3. The van der Waals surface area contributed by atoms with Crippen molar-refractivity contribution in [2.75, 3.05) is 25.0 Å². The third-order valence-corrected chi connectivity index (χ3v) is 4.60. The Bertz CT molecular complexity index is 537. The Hall–Kier alpha value is -1.40. The van der Waals surface area contributed by atoms with Crippen molar-refractivity contribution >= 4 is 11.7 Å². The highest BCUT2D eigenvalue weighted by Crippen LogP contribution is 2.24. The second-order valence-electron chi connectivity index (χ2n) is 7.69. The Morgan fingerprint density at radius 2 is 2.04 bits per heavy atom. The molecule has 1 unspecified atom stereocenters. The van der Waals surface area contributed by atoms with E-state index >= 15 is 0 Å². The van der Waals surface area contributed by atoms with Crippen LogP contribution in [0, 0.1) is 5.92 Å². The zero-order valence-corrected chi connectivity index (χ0v) is 15.0. The molecule has 1 aromatic heterocycles. The molecule has 1 saturated heterocycles. The van der Waals surface area contributed by atoms with E-state index < -0.39 is 0 Å². The number of carbonyl (C=O) groups is 1. The van der Waals surface area contributed by atoms with Crippen LogP contribution in [-0.2, 0) is 17.3 Å². The number of hydrogen-bond donors (Lipinski definition) is 2. The molecule has 1 aromatic rings. The van der Waals surface area contributed by atoms with Crippen LogP contribution in [0.5, 0.6) is 0 Å². The van der Waals surface area contributed by atoms with E-state index in [4.69, 9.17) is 0 Å². The molecule has 0 aromatic carbocycles. The molecule has 130 valence electrons. The highest BCUT2D eigenvalue weighted by molar-refractivity contribution is 5.91. The second kappa shape index (κ2) is 7.01. The van der Waals surface area contributed by atoms with E-state index in [1.807, 2.05) is 20.0 Å². The Morgan fingerprint density at radius 1 is 1.43 bits per heavy atom. The average Bonchev–Trinajstić information content (AvgIpc) is 2.80. The number of anilines is 1. The van der Waals surface area contributed by atoms with E-state index in [-0.39, 0.29) is 17.4 Å². The van der Waals surface area contributed by atoms with E-state index in [2.05, 4.69) is 36.1 Å². The summed E-state index contributed by atoms with van der Waals surface area (Å²) in [4.78, 5) is 14.4. The Balaban J connectivity index is 1.87. The maximum Gasteiger partial charge on any atom is 0.239 e. The SMILES string of the molecule is CC(O)C1CCN(CC(=O)Nc2cc(C(C)(C)C)nn2C)CC1. The van der Waals surface area contributed by atoms with Crippen LogP contribution in [-0.4, -0.2) is 51.4 Å². The van der Waals surface area contributed by atoms with E-state index in [0.29, 0.717) is 12.5 Å². The molecular formula is C17H30N4O2. The molecule has 0 aliphatic carbocycles. The van der Waals surface area contributed by atoms with Gasteiger partial charge in [0.25, 0.3) is 0 Å². The molecule has 6 heteroatoms. The molecule has 6 nitrogen and oxygen atoms in total. The number of likely N-dealkylation sites (tertiary alicyclic amines) is 1. The number of aromatic nitrogens is 2. The van der Waals surface area contributed by atoms with Crippen molar-refractivity contribution in [3.05, 3.63) is 11.8 Å². The number of nitrogens with zero attached hydrogens (tertiary/aromatic N) is 3. The van der Waals surface area contributed by atoms with Crippen molar-refractivity contribution in [2.45, 2.75) is 52.1 Å². The topological polar surface area (TPSA) is 70.4 Å². The summed E-state index contributed by atoms with van der Waals surface area (Å²) < 4.78 is 1.72. The highest BCUT2D eigenvalue weighted by atomic mass is 16.3. The lowest BCUT2D eigenvalue weighted by Crippen LogP contribution is -2.41. The molecule has 23 heavy (non-hydrogen) atoms. The fourth-order valence-corrected chi connectivity index (χ4v) is 2.93. The van der Waals surface area contributed by atoms with Gasteiger partial charge in [-0.25, -0.2) is 0 Å². The number of amides is 1. The van der Waals surface area contributed by atoms with Gasteiger partial charge < -0.3 is 10.4 Å². The van der Waals surface area contributed by atoms with Gasteiger partial charge >= 0.3 is 0 Å². The zero-order chi connectivity index (χ0) is 17.2. The Morgan fingerprint density at radius 3 is 2.52 bits per heavy atom. The van der Waals surface area contributed by atoms with Gasteiger partial charge in [-0.3, -0.25) is 14.4 Å². The minimum atomic E-state index is -0.253. The standard InChI is InChI=1S/C17H30N4O2/c1-12(22)13-6-8-21(9-7-13)11-16(23)18-15-10-14(17(2,3)4)19-20(15)5/h10,12-13,22H,6-9,11H2,1-5H3,(H,18,23). The molecule has 0 radical (unpaired) electrons. The van der Waals surface area contributed by atoms with Gasteiger partial charge in [-0.15, -0.1) is 0 Å². The monoisotopic (exact) mass is 322 g/mol. The first-order valence-corrected chi connectivity index (χ1v) is 8.41. The zero-order valence-electron chi connectivity index (χ0n) is 15.0. The largest absolute Gasteiger partial charge is 0.393 e. The lowest BCUT2D eigenvalue weighted by molar-refractivity contribution is -0.117. The minimum Gasteiger partial charge on any atom is -0.393 e. The second-order valence-corrected chi connectivity index (χ2v) is 7.69. The molecule has 1 amide bonds. The van der Waals surface area contributed by atoms with Gasteiger partial charge in [0.15, 0.2) is 0 Å². The fourth-order valence-electron chi connectivity index (χ4n) is 2.93. The van der Waals surface area contributed by atoms with Crippen LogP contribution in [0.3, 0.4) is 0 Å². The van der Waals surface area contributed by atoms with Gasteiger partial charge in [-0.1, -0.05) is 20.8 Å². The number of carbonyl (C=O) groups excluding carboxylic acids is 1. The lowest BCUT2D eigenvalue weighted by Gasteiger charge is -2.32. The summed E-state index contributed by atoms with van der Waals surface area (Å²) >= 11 is 0. The predicted octanol–water partition coefficient (Wildman–Crippen LogP) is 1.75. The van der Waals surface area contributed by atoms with Crippen LogP contribution in [0.25, 0.3) is 0 Å². The number of aryl methyl sites for hydroxylation is 1. The molecule has 2 heterocycles. The molecule has 0 saturated carbocycles. The van der Waals surface area contributed by atoms with Crippen LogP contribution >= 0.6 is 0 Å². The maximum atomic E-state index is 12.3. The van der Waals surface area contributed by atoms with E-state index in [1.165, 1.54) is 0 Å². The van der Waals surface area contributed by atoms with Crippen molar-refractivity contribution < 1.29 is 9.90 Å². The molecule has 1 aliphatic rings.